The molecule has 0 bridgehead atoms. The number of rotatable bonds is 2. The number of piperazine rings is 1. The summed E-state index contributed by atoms with van der Waals surface area (Å²) in [6, 6.07) is 3.60. The highest BCUT2D eigenvalue weighted by Gasteiger charge is 2.35. The van der Waals surface area contributed by atoms with E-state index in [-0.39, 0.29) is 17.7 Å². The van der Waals surface area contributed by atoms with Crippen LogP contribution >= 0.6 is 0 Å². The molecule has 1 aliphatic carbocycles. The fourth-order valence-electron chi connectivity index (χ4n) is 2.35. The van der Waals surface area contributed by atoms with E-state index in [0.717, 1.165) is 12.8 Å². The first-order chi connectivity index (χ1) is 8.75. The minimum atomic E-state index is 0.0264. The van der Waals surface area contributed by atoms with Crippen molar-refractivity contribution in [3.63, 3.8) is 0 Å². The number of carbonyl (C=O) groups excluding carboxylic acids is 2. The van der Waals surface area contributed by atoms with Crippen LogP contribution in [0, 0.1) is 5.92 Å². The first-order valence-electron chi connectivity index (χ1n) is 6.47. The van der Waals surface area contributed by atoms with E-state index >= 15 is 0 Å². The van der Waals surface area contributed by atoms with E-state index < -0.39 is 0 Å². The summed E-state index contributed by atoms with van der Waals surface area (Å²) in [7, 11) is 0. The Morgan fingerprint density at radius 3 is 2.33 bits per heavy atom. The van der Waals surface area contributed by atoms with E-state index in [1.807, 2.05) is 15.9 Å². The first-order valence-corrected chi connectivity index (χ1v) is 6.47. The Bertz CT molecular complexity index is 443. The molecular formula is C13H17N3O2. The fourth-order valence-corrected chi connectivity index (χ4v) is 2.35. The second kappa shape index (κ2) is 4.48. The number of hydrogen-bond donors (Lipinski definition) is 1. The molecule has 2 fully saturated rings. The number of H-pyrrole nitrogens is 1. The average Bonchev–Trinajstić information content (AvgIpc) is 3.12. The molecule has 0 atom stereocenters. The van der Waals surface area contributed by atoms with Gasteiger partial charge in [-0.2, -0.15) is 0 Å². The lowest BCUT2D eigenvalue weighted by Crippen LogP contribution is -2.51. The third-order valence-electron chi connectivity index (χ3n) is 3.63. The average molecular weight is 247 g/mol. The Labute approximate surface area is 106 Å². The van der Waals surface area contributed by atoms with Crippen molar-refractivity contribution in [2.75, 3.05) is 26.2 Å². The lowest BCUT2D eigenvalue weighted by Gasteiger charge is -2.34. The minimum absolute atomic E-state index is 0.0264. The zero-order chi connectivity index (χ0) is 12.5. The number of aromatic nitrogens is 1. The predicted molar refractivity (Wildman–Crippen MR) is 66.0 cm³/mol. The molecule has 1 N–H and O–H groups in total. The smallest absolute Gasteiger partial charge is 0.270 e. The maximum absolute atomic E-state index is 12.1. The molecule has 2 heterocycles. The summed E-state index contributed by atoms with van der Waals surface area (Å²) < 4.78 is 0. The van der Waals surface area contributed by atoms with Crippen LogP contribution in [0.15, 0.2) is 18.3 Å². The number of aromatic amines is 1. The normalized spacial score (nSPS) is 20.0. The van der Waals surface area contributed by atoms with E-state index in [2.05, 4.69) is 4.98 Å². The largest absolute Gasteiger partial charge is 0.357 e. The maximum atomic E-state index is 12.1. The molecule has 2 aliphatic rings. The second-order valence-electron chi connectivity index (χ2n) is 4.98. The summed E-state index contributed by atoms with van der Waals surface area (Å²) in [4.78, 5) is 30.6. The molecule has 1 aromatic rings. The number of nitrogens with one attached hydrogen (secondary N) is 1. The molecule has 0 aromatic carbocycles. The molecule has 1 aliphatic heterocycles. The summed E-state index contributed by atoms with van der Waals surface area (Å²) in [5.41, 5.74) is 0.622. The van der Waals surface area contributed by atoms with Gasteiger partial charge in [-0.3, -0.25) is 9.59 Å². The van der Waals surface area contributed by atoms with Gasteiger partial charge in [0, 0.05) is 38.3 Å². The Kier molecular flexibility index (Phi) is 2.81. The molecule has 1 saturated carbocycles. The van der Waals surface area contributed by atoms with Crippen LogP contribution in [0.2, 0.25) is 0 Å². The van der Waals surface area contributed by atoms with Gasteiger partial charge in [0.1, 0.15) is 5.69 Å². The van der Waals surface area contributed by atoms with Crippen molar-refractivity contribution in [2.24, 2.45) is 5.92 Å². The van der Waals surface area contributed by atoms with E-state index in [4.69, 9.17) is 0 Å². The number of nitrogens with zero attached hydrogens (tertiary/aromatic N) is 2. The van der Waals surface area contributed by atoms with Crippen LogP contribution in [0.5, 0.6) is 0 Å². The molecule has 1 saturated heterocycles. The monoisotopic (exact) mass is 247 g/mol. The molecule has 0 spiro atoms. The number of amides is 2. The topological polar surface area (TPSA) is 56.4 Å². The molecule has 2 amide bonds. The van der Waals surface area contributed by atoms with Crippen LogP contribution in [-0.4, -0.2) is 52.8 Å². The standard InChI is InChI=1S/C13H17N3O2/c17-12(10-3-4-10)15-6-8-16(9-7-15)13(18)11-2-1-5-14-11/h1-2,5,10,14H,3-4,6-9H2. The second-order valence-corrected chi connectivity index (χ2v) is 4.98. The minimum Gasteiger partial charge on any atom is -0.357 e. The highest BCUT2D eigenvalue weighted by molar-refractivity contribution is 5.92. The summed E-state index contributed by atoms with van der Waals surface area (Å²) in [6.45, 7) is 2.61. The summed E-state index contributed by atoms with van der Waals surface area (Å²) in [5, 5.41) is 0. The molecule has 1 aromatic heterocycles. The maximum Gasteiger partial charge on any atom is 0.270 e. The number of hydrogen-bond acceptors (Lipinski definition) is 2. The van der Waals surface area contributed by atoms with Crippen LogP contribution in [0.3, 0.4) is 0 Å². The molecule has 5 nitrogen and oxygen atoms in total. The highest BCUT2D eigenvalue weighted by Crippen LogP contribution is 2.31. The molecule has 0 radical (unpaired) electrons. The Balaban J connectivity index is 1.56. The van der Waals surface area contributed by atoms with Gasteiger partial charge in [-0.25, -0.2) is 0 Å². The third-order valence-corrected chi connectivity index (χ3v) is 3.63. The van der Waals surface area contributed by atoms with Gasteiger partial charge >= 0.3 is 0 Å². The van der Waals surface area contributed by atoms with Crippen molar-refractivity contribution >= 4 is 11.8 Å². The quantitative estimate of drug-likeness (QED) is 0.836. The van der Waals surface area contributed by atoms with Crippen LogP contribution in [-0.2, 0) is 4.79 Å². The summed E-state index contributed by atoms with van der Waals surface area (Å²) in [5.74, 6) is 0.580. The lowest BCUT2D eigenvalue weighted by molar-refractivity contribution is -0.134. The molecular weight excluding hydrogens is 230 g/mol. The third kappa shape index (κ3) is 2.12. The van der Waals surface area contributed by atoms with Crippen molar-refractivity contribution in [3.8, 4) is 0 Å². The van der Waals surface area contributed by atoms with Gasteiger partial charge in [0.25, 0.3) is 5.91 Å². The van der Waals surface area contributed by atoms with Crippen molar-refractivity contribution in [2.45, 2.75) is 12.8 Å². The van der Waals surface area contributed by atoms with Crippen molar-refractivity contribution in [3.05, 3.63) is 24.0 Å². The lowest BCUT2D eigenvalue weighted by atomic mass is 10.2. The van der Waals surface area contributed by atoms with Gasteiger partial charge in [0.2, 0.25) is 5.91 Å². The van der Waals surface area contributed by atoms with E-state index in [0.29, 0.717) is 31.9 Å². The van der Waals surface area contributed by atoms with Gasteiger partial charge in [-0.1, -0.05) is 0 Å². The van der Waals surface area contributed by atoms with E-state index in [9.17, 15) is 9.59 Å². The fraction of sp³-hybridized carbons (Fsp3) is 0.538. The van der Waals surface area contributed by atoms with Gasteiger partial charge in [0.15, 0.2) is 0 Å². The SMILES string of the molecule is O=C(c1ccc[nH]1)N1CCN(C(=O)C2CC2)CC1. The van der Waals surface area contributed by atoms with E-state index in [1.54, 1.807) is 12.3 Å². The number of carbonyl (C=O) groups is 2. The Morgan fingerprint density at radius 1 is 1.11 bits per heavy atom. The summed E-state index contributed by atoms with van der Waals surface area (Å²) >= 11 is 0. The van der Waals surface area contributed by atoms with Gasteiger partial charge in [0.05, 0.1) is 0 Å². The van der Waals surface area contributed by atoms with Crippen LogP contribution in [0.4, 0.5) is 0 Å². The van der Waals surface area contributed by atoms with Crippen molar-refractivity contribution in [1.29, 1.82) is 0 Å². The molecule has 18 heavy (non-hydrogen) atoms. The van der Waals surface area contributed by atoms with Crippen LogP contribution in [0.1, 0.15) is 23.3 Å². The van der Waals surface area contributed by atoms with Gasteiger partial charge in [-0.15, -0.1) is 0 Å². The Hall–Kier alpha value is -1.78. The molecule has 3 rings (SSSR count). The first kappa shape index (κ1) is 11.3. The molecule has 96 valence electrons. The van der Waals surface area contributed by atoms with Crippen LogP contribution in [0.25, 0.3) is 0 Å². The van der Waals surface area contributed by atoms with E-state index in [1.165, 1.54) is 0 Å². The van der Waals surface area contributed by atoms with Crippen molar-refractivity contribution < 1.29 is 9.59 Å². The van der Waals surface area contributed by atoms with Crippen molar-refractivity contribution in [1.82, 2.24) is 14.8 Å². The molecule has 0 unspecified atom stereocenters. The highest BCUT2D eigenvalue weighted by atomic mass is 16.2. The zero-order valence-electron chi connectivity index (χ0n) is 10.3. The Morgan fingerprint density at radius 2 is 1.78 bits per heavy atom. The van der Waals surface area contributed by atoms with Gasteiger partial charge < -0.3 is 14.8 Å². The van der Waals surface area contributed by atoms with Crippen LogP contribution < -0.4 is 0 Å². The predicted octanol–water partition coefficient (Wildman–Crippen LogP) is 0.709. The zero-order valence-corrected chi connectivity index (χ0v) is 10.3. The molecule has 5 heteroatoms. The van der Waals surface area contributed by atoms with Gasteiger partial charge in [-0.05, 0) is 25.0 Å². The summed E-state index contributed by atoms with van der Waals surface area (Å²) in [6.07, 6.45) is 3.83.